The lowest BCUT2D eigenvalue weighted by Crippen LogP contribution is -2.68. The summed E-state index contributed by atoms with van der Waals surface area (Å²) in [5.74, 6) is -2.92. The van der Waals surface area contributed by atoms with Crippen molar-refractivity contribution in [3.63, 3.8) is 0 Å². The summed E-state index contributed by atoms with van der Waals surface area (Å²) in [5, 5.41) is 36.7. The zero-order valence-corrected chi connectivity index (χ0v) is 40.7. The number of carbonyl (C=O) groups excluding carboxylic acids is 5. The van der Waals surface area contributed by atoms with Gasteiger partial charge in [0.2, 0.25) is 5.60 Å². The molecule has 5 amide bonds. The van der Waals surface area contributed by atoms with Crippen LogP contribution in [0.25, 0.3) is 5.70 Å². The quantitative estimate of drug-likeness (QED) is 0.0341. The fourth-order valence-corrected chi connectivity index (χ4v) is 7.13. The van der Waals surface area contributed by atoms with Crippen LogP contribution in [0.3, 0.4) is 0 Å². The van der Waals surface area contributed by atoms with E-state index in [-0.39, 0.29) is 26.4 Å². The number of aliphatic hydroxyl groups is 2. The first-order chi connectivity index (χ1) is 31.2. The average molecular weight is 985 g/mol. The minimum atomic E-state index is -5.22. The molecule has 6 N–H and O–H groups in total. The van der Waals surface area contributed by atoms with Gasteiger partial charge >= 0.3 is 34.0 Å². The summed E-state index contributed by atoms with van der Waals surface area (Å²) in [6.07, 6.45) is 2.96. The molecule has 25 nitrogen and oxygen atoms in total. The van der Waals surface area contributed by atoms with Crippen LogP contribution in [0.2, 0.25) is 0 Å². The minimum absolute atomic E-state index is 0.0220. The lowest BCUT2D eigenvalue weighted by Gasteiger charge is -2.36. The molecule has 3 atom stereocenters. The lowest BCUT2D eigenvalue weighted by atomic mass is 10.1. The number of aromatic nitrogens is 4. The van der Waals surface area contributed by atoms with Gasteiger partial charge in [0.05, 0.1) is 38.1 Å². The second-order valence-corrected chi connectivity index (χ2v) is 20.0. The second kappa shape index (κ2) is 22.3. The molecular formula is C40H60N10O15S2. The molecule has 1 unspecified atom stereocenters. The number of dihydropyridines is 1. The fourth-order valence-electron chi connectivity index (χ4n) is 5.55. The van der Waals surface area contributed by atoms with Crippen molar-refractivity contribution >= 4 is 68.0 Å². The standard InChI is InChI=1S/C40H60N10O15S2/c1-11-13-15-61-27-17-24(41-18-28(27)62-16-14-12-2)30-45-50(37(58)48(30)19-23(52)21-51)67(59,60)47-35(56)49-20-25(32(49)54)42-31(53)29(46-65-40(9,10)33(55)63-38(3,4)5)26-22-66-34(43-26)44-36(57)64-39(6,7)8/h17-18,22-23,25,27,41,51-52H,11-16,19-21H2,1-10H3,(H,42,53)(H,47,56)(H,43,44,57)/b46-29-/t23-,25-,27?/m0/s1. The highest BCUT2D eigenvalue weighted by Gasteiger charge is 2.45. The molecule has 0 bridgehead atoms. The number of nitrogens with zero attached hydrogens (tertiary/aromatic N) is 6. The molecular weight excluding hydrogens is 925 g/mol. The SMILES string of the molecule is CCCCOC1=CNC(c2nn(S(=O)(=O)NC(=O)N3C[C@H](NC(=O)/C(=N\OC(C)(C)C(=O)OC(C)(C)C)c4csc(NC(=O)OC(C)(C)C)n4)C3=O)c(=O)n2C[C@H](O)CO)=CC1OCCCC. The first-order valence-electron chi connectivity index (χ1n) is 21.3. The molecule has 4 rings (SSSR count). The van der Waals surface area contributed by atoms with Crippen LogP contribution in [-0.4, -0.2) is 139 Å². The van der Waals surface area contributed by atoms with Crippen molar-refractivity contribution in [1.29, 1.82) is 0 Å². The Bertz CT molecular complexity index is 2410. The van der Waals surface area contributed by atoms with E-state index in [4.69, 9.17) is 23.8 Å². The third-order valence-corrected chi connectivity index (χ3v) is 10.8. The molecule has 1 fully saturated rings. The highest BCUT2D eigenvalue weighted by atomic mass is 32.2. The van der Waals surface area contributed by atoms with Gasteiger partial charge in [-0.05, 0) is 74.3 Å². The van der Waals surface area contributed by atoms with E-state index < -0.39 is 106 Å². The van der Waals surface area contributed by atoms with Gasteiger partial charge in [-0.1, -0.05) is 35.9 Å². The number of likely N-dealkylation sites (tertiary alicyclic amines) is 1. The number of hydrogen-bond donors (Lipinski definition) is 6. The first-order valence-corrected chi connectivity index (χ1v) is 23.6. The number of urea groups is 1. The number of ether oxygens (including phenoxy) is 4. The Kier molecular flexibility index (Phi) is 17.8. The summed E-state index contributed by atoms with van der Waals surface area (Å²) in [4.78, 5) is 89.3. The number of rotatable bonds is 21. The maximum atomic E-state index is 13.7. The highest BCUT2D eigenvalue weighted by Crippen LogP contribution is 2.24. The van der Waals surface area contributed by atoms with Crippen molar-refractivity contribution in [3.05, 3.63) is 45.4 Å². The number of carbonyl (C=O) groups is 5. The third-order valence-electron chi connectivity index (χ3n) is 8.96. The predicted molar refractivity (Wildman–Crippen MR) is 240 cm³/mol. The Morgan fingerprint density at radius 3 is 2.28 bits per heavy atom. The second-order valence-electron chi connectivity index (χ2n) is 17.6. The number of oxime groups is 1. The van der Waals surface area contributed by atoms with Crippen molar-refractivity contribution in [2.45, 2.75) is 137 Å². The van der Waals surface area contributed by atoms with Crippen LogP contribution in [-0.2, 0) is 54.9 Å². The number of amides is 5. The number of anilines is 1. The molecule has 0 aliphatic carbocycles. The number of esters is 1. The van der Waals surface area contributed by atoms with Crippen LogP contribution in [0.4, 0.5) is 14.7 Å². The van der Waals surface area contributed by atoms with E-state index in [1.54, 1.807) is 46.3 Å². The van der Waals surface area contributed by atoms with E-state index in [2.05, 4.69) is 31.2 Å². The Hall–Kier alpha value is -5.90. The monoisotopic (exact) mass is 984 g/mol. The number of aliphatic hydroxyl groups excluding tert-OH is 2. The molecule has 2 aromatic rings. The van der Waals surface area contributed by atoms with Gasteiger partial charge in [-0.2, -0.15) is 8.42 Å². The van der Waals surface area contributed by atoms with Crippen molar-refractivity contribution < 1.29 is 66.4 Å². The molecule has 2 aliphatic heterocycles. The number of imide groups is 1. The van der Waals surface area contributed by atoms with Gasteiger partial charge in [0, 0.05) is 18.2 Å². The summed E-state index contributed by atoms with van der Waals surface area (Å²) in [5.41, 5.74) is -5.53. The molecule has 2 aliphatic rings. The smallest absolute Gasteiger partial charge is 0.413 e. The number of β-lactam (4-membered cyclic amide) rings is 1. The molecule has 0 spiro atoms. The normalized spacial score (nSPS) is 17.3. The van der Waals surface area contributed by atoms with Crippen molar-refractivity contribution in [2.75, 3.05) is 31.7 Å². The van der Waals surface area contributed by atoms with Crippen LogP contribution in [0.1, 0.15) is 106 Å². The highest BCUT2D eigenvalue weighted by molar-refractivity contribution is 7.88. The van der Waals surface area contributed by atoms with E-state index in [1.807, 2.05) is 13.8 Å². The summed E-state index contributed by atoms with van der Waals surface area (Å²) >= 11 is 0.876. The van der Waals surface area contributed by atoms with Gasteiger partial charge in [-0.15, -0.1) is 16.4 Å². The van der Waals surface area contributed by atoms with Gasteiger partial charge in [0.15, 0.2) is 16.7 Å². The minimum Gasteiger partial charge on any atom is -0.493 e. The molecule has 0 radical (unpaired) electrons. The molecule has 4 heterocycles. The maximum absolute atomic E-state index is 13.7. The van der Waals surface area contributed by atoms with Crippen molar-refractivity contribution in [3.8, 4) is 0 Å². The van der Waals surface area contributed by atoms with Crippen LogP contribution < -0.4 is 26.4 Å². The van der Waals surface area contributed by atoms with E-state index in [0.717, 1.165) is 35.2 Å². The summed E-state index contributed by atoms with van der Waals surface area (Å²) < 4.78 is 52.1. The van der Waals surface area contributed by atoms with Crippen LogP contribution in [0.5, 0.6) is 0 Å². The van der Waals surface area contributed by atoms with Gasteiger partial charge in [-0.3, -0.25) is 24.4 Å². The van der Waals surface area contributed by atoms with Gasteiger partial charge in [0.25, 0.3) is 11.8 Å². The summed E-state index contributed by atoms with van der Waals surface area (Å²) in [6.45, 7) is 15.2. The number of thiazole rings is 1. The van der Waals surface area contributed by atoms with Crippen molar-refractivity contribution in [2.24, 2.45) is 5.16 Å². The lowest BCUT2D eigenvalue weighted by molar-refractivity contribution is -0.179. The Labute approximate surface area is 391 Å². The average Bonchev–Trinajstić information content (AvgIpc) is 3.81. The number of nitrogens with one attached hydrogen (secondary N) is 4. The topological polar surface area (TPSA) is 323 Å². The molecule has 2 aromatic heterocycles. The Morgan fingerprint density at radius 1 is 1.01 bits per heavy atom. The predicted octanol–water partition coefficient (Wildman–Crippen LogP) is 1.66. The molecule has 0 aromatic carbocycles. The fraction of sp³-hybridized carbons (Fsp3) is 0.625. The number of unbranched alkanes of at least 4 members (excludes halogenated alkanes) is 2. The zero-order valence-electron chi connectivity index (χ0n) is 39.0. The van der Waals surface area contributed by atoms with Gasteiger partial charge in [-0.25, -0.2) is 28.9 Å². The van der Waals surface area contributed by atoms with Crippen molar-refractivity contribution in [1.82, 2.24) is 39.0 Å². The maximum Gasteiger partial charge on any atom is 0.413 e. The molecule has 27 heteroatoms. The zero-order chi connectivity index (χ0) is 50.1. The van der Waals surface area contributed by atoms with E-state index in [1.165, 1.54) is 31.5 Å². The Morgan fingerprint density at radius 2 is 1.67 bits per heavy atom. The van der Waals surface area contributed by atoms with E-state index >= 15 is 0 Å². The van der Waals surface area contributed by atoms with Crippen LogP contribution in [0.15, 0.2) is 33.4 Å². The van der Waals surface area contributed by atoms with E-state index in [0.29, 0.717) is 30.3 Å². The first kappa shape index (κ1) is 53.7. The Balaban J connectivity index is 1.55. The molecule has 1 saturated heterocycles. The third kappa shape index (κ3) is 14.8. The summed E-state index contributed by atoms with van der Waals surface area (Å²) in [6, 6.07) is -2.95. The van der Waals surface area contributed by atoms with E-state index in [9.17, 15) is 47.4 Å². The summed E-state index contributed by atoms with van der Waals surface area (Å²) in [7, 11) is -5.22. The molecule has 0 saturated carbocycles. The van der Waals surface area contributed by atoms with Gasteiger partial charge in [0.1, 0.15) is 34.8 Å². The molecule has 372 valence electrons. The largest absolute Gasteiger partial charge is 0.493 e. The van der Waals surface area contributed by atoms with Gasteiger partial charge < -0.3 is 44.6 Å². The number of hydrogen-bond acceptors (Lipinski definition) is 20. The molecule has 67 heavy (non-hydrogen) atoms. The van der Waals surface area contributed by atoms with Crippen LogP contribution >= 0.6 is 11.3 Å². The van der Waals surface area contributed by atoms with Crippen LogP contribution in [0, 0.1) is 0 Å².